The van der Waals surface area contributed by atoms with Crippen molar-refractivity contribution in [2.45, 2.75) is 180 Å². The van der Waals surface area contributed by atoms with E-state index in [-0.39, 0.29) is 5.91 Å². The number of allylic oxidation sites excluding steroid dienone is 3. The van der Waals surface area contributed by atoms with Crippen molar-refractivity contribution in [3.05, 3.63) is 24.3 Å². The number of aliphatic hydroxyl groups excluding tert-OH is 1. The predicted octanol–water partition coefficient (Wildman–Crippen LogP) is 9.23. The third-order valence-electron chi connectivity index (χ3n) is 7.63. The highest BCUT2D eigenvalue weighted by Crippen LogP contribution is 2.14. The van der Waals surface area contributed by atoms with Crippen LogP contribution in [0.4, 0.5) is 0 Å². The smallest absolute Gasteiger partial charge is 0.267 e. The normalized spacial score (nSPS) is 13.8. The van der Waals surface area contributed by atoms with Gasteiger partial charge in [0.1, 0.15) is 0 Å². The summed E-state index contributed by atoms with van der Waals surface area (Å²) in [4.78, 5) is 12.4. The molecule has 0 aliphatic carbocycles. The minimum absolute atomic E-state index is 0.289. The van der Waals surface area contributed by atoms with E-state index >= 15 is 0 Å². The van der Waals surface area contributed by atoms with Crippen molar-refractivity contribution in [2.24, 2.45) is 0 Å². The molecule has 242 valence electrons. The van der Waals surface area contributed by atoms with Crippen molar-refractivity contribution in [1.29, 1.82) is 0 Å². The van der Waals surface area contributed by atoms with Crippen LogP contribution in [0.1, 0.15) is 168 Å². The van der Waals surface area contributed by atoms with Crippen LogP contribution in [0.5, 0.6) is 0 Å². The minimum atomic E-state index is -4.34. The molecule has 0 saturated heterocycles. The van der Waals surface area contributed by atoms with Gasteiger partial charge in [0.15, 0.2) is 0 Å². The highest BCUT2D eigenvalue weighted by Gasteiger charge is 2.24. The van der Waals surface area contributed by atoms with Gasteiger partial charge in [-0.2, -0.15) is 8.42 Å². The summed E-state index contributed by atoms with van der Waals surface area (Å²) in [5.41, 5.74) is 0. The van der Waals surface area contributed by atoms with Crippen LogP contribution < -0.4 is 5.32 Å². The average Bonchev–Trinajstić information content (AvgIpc) is 2.92. The number of nitrogens with one attached hydrogen (secondary N) is 1. The Morgan fingerprint density at radius 3 is 1.54 bits per heavy atom. The zero-order chi connectivity index (χ0) is 30.4. The summed E-state index contributed by atoms with van der Waals surface area (Å²) in [5, 5.41) is 13.1. The van der Waals surface area contributed by atoms with Gasteiger partial charge in [-0.1, -0.05) is 154 Å². The Hall–Kier alpha value is -1.18. The lowest BCUT2D eigenvalue weighted by Crippen LogP contribution is -2.46. The van der Waals surface area contributed by atoms with E-state index in [4.69, 9.17) is 0 Å². The molecule has 0 aromatic carbocycles. The molecule has 3 N–H and O–H groups in total. The summed E-state index contributed by atoms with van der Waals surface area (Å²) in [7, 11) is -4.34. The number of hydrogen-bond donors (Lipinski definition) is 3. The fraction of sp³-hybridized carbons (Fsp3) is 0.853. The Kier molecular flexibility index (Phi) is 28.1. The molecule has 0 fully saturated rings. The molecule has 0 saturated carbocycles. The van der Waals surface area contributed by atoms with Gasteiger partial charge in [-0.25, -0.2) is 0 Å². The van der Waals surface area contributed by atoms with Gasteiger partial charge in [0.2, 0.25) is 5.91 Å². The van der Waals surface area contributed by atoms with Gasteiger partial charge >= 0.3 is 0 Å². The third kappa shape index (κ3) is 30.1. The van der Waals surface area contributed by atoms with Crippen molar-refractivity contribution in [1.82, 2.24) is 5.32 Å². The first-order valence-electron chi connectivity index (χ1n) is 17.0. The SMILES string of the molecule is CCCCCCC/C=C/CC/C=C/C(O)C(CS(=O)(=O)O)NC(=O)CCCCCCCCCCCCCCCCC. The number of rotatable bonds is 30. The zero-order valence-corrected chi connectivity index (χ0v) is 27.5. The molecule has 0 aliphatic heterocycles. The monoisotopic (exact) mass is 599 g/mol. The molecule has 0 aromatic heterocycles. The highest BCUT2D eigenvalue weighted by atomic mass is 32.2. The number of unbranched alkanes of at least 4 members (excludes halogenated alkanes) is 20. The van der Waals surface area contributed by atoms with Crippen molar-refractivity contribution < 1.29 is 22.9 Å². The molecule has 6 nitrogen and oxygen atoms in total. The molecule has 0 radical (unpaired) electrons. The quantitative estimate of drug-likeness (QED) is 0.0434. The Morgan fingerprint density at radius 2 is 1.05 bits per heavy atom. The van der Waals surface area contributed by atoms with Crippen molar-refractivity contribution in [3.63, 3.8) is 0 Å². The molecule has 2 atom stereocenters. The first-order chi connectivity index (χ1) is 19.8. The molecule has 41 heavy (non-hydrogen) atoms. The molecule has 7 heteroatoms. The first-order valence-corrected chi connectivity index (χ1v) is 18.6. The summed E-state index contributed by atoms with van der Waals surface area (Å²) < 4.78 is 32.2. The third-order valence-corrected chi connectivity index (χ3v) is 8.41. The van der Waals surface area contributed by atoms with Crippen LogP contribution in [0, 0.1) is 0 Å². The molecule has 0 rings (SSSR count). The number of hydrogen-bond acceptors (Lipinski definition) is 4. The van der Waals surface area contributed by atoms with E-state index in [1.807, 2.05) is 0 Å². The summed E-state index contributed by atoms with van der Waals surface area (Å²) in [6, 6.07) is -1.07. The molecule has 0 heterocycles. The lowest BCUT2D eigenvalue weighted by Gasteiger charge is -2.21. The van der Waals surface area contributed by atoms with Crippen LogP contribution in [-0.2, 0) is 14.9 Å². The number of amides is 1. The maximum absolute atomic E-state index is 12.4. The maximum Gasteiger partial charge on any atom is 0.267 e. The van der Waals surface area contributed by atoms with E-state index in [0.717, 1.165) is 38.5 Å². The van der Waals surface area contributed by atoms with Gasteiger partial charge < -0.3 is 10.4 Å². The number of carbonyl (C=O) groups is 1. The lowest BCUT2D eigenvalue weighted by molar-refractivity contribution is -0.122. The second-order valence-corrected chi connectivity index (χ2v) is 13.3. The molecular weight excluding hydrogens is 534 g/mol. The average molecular weight is 600 g/mol. The van der Waals surface area contributed by atoms with Gasteiger partial charge in [0, 0.05) is 6.42 Å². The second kappa shape index (κ2) is 28.9. The minimum Gasteiger partial charge on any atom is -0.387 e. The van der Waals surface area contributed by atoms with E-state index < -0.39 is 28.0 Å². The number of carbonyl (C=O) groups excluding carboxylic acids is 1. The van der Waals surface area contributed by atoms with E-state index in [1.165, 1.54) is 115 Å². The number of aliphatic hydroxyl groups is 1. The Labute approximate surface area is 254 Å². The Bertz CT molecular complexity index is 750. The molecule has 0 aliphatic rings. The summed E-state index contributed by atoms with van der Waals surface area (Å²) in [5.74, 6) is -0.997. The van der Waals surface area contributed by atoms with E-state index in [2.05, 4.69) is 31.3 Å². The molecular formula is C34H65NO5S. The van der Waals surface area contributed by atoms with Gasteiger partial charge in [0.25, 0.3) is 10.1 Å². The molecule has 0 bridgehead atoms. The fourth-order valence-electron chi connectivity index (χ4n) is 5.05. The standard InChI is InChI=1S/C34H65NO5S/c1-3-5-7-9-11-13-15-16-17-18-20-22-24-26-28-30-34(37)35-32(31-41(38,39)40)33(36)29-27-25-23-21-19-14-12-10-8-6-4-2/h19,21,27,29,32-33,36H,3-18,20,22-26,28,30-31H2,1-2H3,(H,35,37)(H,38,39,40)/b21-19+,29-27+. The van der Waals surface area contributed by atoms with Crippen LogP contribution in [0.3, 0.4) is 0 Å². The largest absolute Gasteiger partial charge is 0.387 e. The molecule has 1 amide bonds. The topological polar surface area (TPSA) is 104 Å². The maximum atomic E-state index is 12.4. The summed E-state index contributed by atoms with van der Waals surface area (Å²) >= 11 is 0. The van der Waals surface area contributed by atoms with Crippen LogP contribution >= 0.6 is 0 Å². The van der Waals surface area contributed by atoms with Crippen LogP contribution in [0.25, 0.3) is 0 Å². The summed E-state index contributed by atoms with van der Waals surface area (Å²) in [6.07, 6.45) is 34.5. The van der Waals surface area contributed by atoms with Crippen molar-refractivity contribution in [2.75, 3.05) is 5.75 Å². The molecule has 0 spiro atoms. The van der Waals surface area contributed by atoms with Crippen molar-refractivity contribution >= 4 is 16.0 Å². The Balaban J connectivity index is 4.03. The Morgan fingerprint density at radius 1 is 0.634 bits per heavy atom. The summed E-state index contributed by atoms with van der Waals surface area (Å²) in [6.45, 7) is 4.47. The van der Waals surface area contributed by atoms with Crippen molar-refractivity contribution in [3.8, 4) is 0 Å². The van der Waals surface area contributed by atoms with Gasteiger partial charge in [-0.05, 0) is 32.1 Å². The lowest BCUT2D eigenvalue weighted by atomic mass is 10.0. The van der Waals surface area contributed by atoms with Gasteiger partial charge in [-0.15, -0.1) is 0 Å². The highest BCUT2D eigenvalue weighted by molar-refractivity contribution is 7.85. The van der Waals surface area contributed by atoms with E-state index in [1.54, 1.807) is 6.08 Å². The zero-order valence-electron chi connectivity index (χ0n) is 26.7. The van der Waals surface area contributed by atoms with E-state index in [9.17, 15) is 22.9 Å². The molecule has 0 aromatic rings. The van der Waals surface area contributed by atoms with Gasteiger partial charge in [-0.3, -0.25) is 9.35 Å². The predicted molar refractivity (Wildman–Crippen MR) is 175 cm³/mol. The first kappa shape index (κ1) is 39.8. The van der Waals surface area contributed by atoms with Gasteiger partial charge in [0.05, 0.1) is 17.9 Å². The second-order valence-electron chi connectivity index (χ2n) is 11.8. The van der Waals surface area contributed by atoms with E-state index in [0.29, 0.717) is 6.42 Å². The van der Waals surface area contributed by atoms with Crippen LogP contribution in [0.15, 0.2) is 24.3 Å². The molecule has 2 unspecified atom stereocenters. The fourth-order valence-corrected chi connectivity index (χ4v) is 5.79. The van der Waals surface area contributed by atoms with Crippen LogP contribution in [-0.4, -0.2) is 41.9 Å². The van der Waals surface area contributed by atoms with Crippen LogP contribution in [0.2, 0.25) is 0 Å².